The Hall–Kier alpha value is -2.71. The van der Waals surface area contributed by atoms with Gasteiger partial charge in [0.15, 0.2) is 5.13 Å². The number of amides is 2. The number of rotatable bonds is 5. The summed E-state index contributed by atoms with van der Waals surface area (Å²) in [4.78, 5) is 30.0. The van der Waals surface area contributed by atoms with Crippen LogP contribution in [0.15, 0.2) is 65.4 Å². The number of halogens is 2. The molecule has 2 aromatic carbocycles. The zero-order chi connectivity index (χ0) is 21.1. The molecule has 0 unspecified atom stereocenters. The lowest BCUT2D eigenvalue weighted by atomic mass is 10.2. The molecular formula is C21H13Cl2N3O2S2. The van der Waals surface area contributed by atoms with E-state index in [-0.39, 0.29) is 11.8 Å². The molecule has 0 fully saturated rings. The summed E-state index contributed by atoms with van der Waals surface area (Å²) < 4.78 is 0. The van der Waals surface area contributed by atoms with E-state index >= 15 is 0 Å². The van der Waals surface area contributed by atoms with E-state index in [4.69, 9.17) is 23.2 Å². The van der Waals surface area contributed by atoms with Crippen LogP contribution in [0.25, 0.3) is 11.3 Å². The number of hydrogen-bond donors (Lipinski definition) is 2. The third-order valence-corrected chi connectivity index (χ3v) is 6.38. The minimum absolute atomic E-state index is 0.284. The van der Waals surface area contributed by atoms with Gasteiger partial charge in [-0.2, -0.15) is 0 Å². The van der Waals surface area contributed by atoms with Crippen LogP contribution in [-0.2, 0) is 0 Å². The van der Waals surface area contributed by atoms with Crippen LogP contribution in [0, 0.1) is 0 Å². The number of aromatic nitrogens is 1. The van der Waals surface area contributed by atoms with Gasteiger partial charge in [0.05, 0.1) is 21.3 Å². The van der Waals surface area contributed by atoms with Crippen molar-refractivity contribution >= 4 is 68.5 Å². The van der Waals surface area contributed by atoms with Crippen LogP contribution < -0.4 is 10.6 Å². The Morgan fingerprint density at radius 2 is 1.70 bits per heavy atom. The summed E-state index contributed by atoms with van der Waals surface area (Å²) in [7, 11) is 0. The maximum absolute atomic E-state index is 12.7. The van der Waals surface area contributed by atoms with Crippen molar-refractivity contribution in [1.29, 1.82) is 0 Å². The molecule has 0 saturated heterocycles. The molecule has 2 amide bonds. The molecule has 9 heteroatoms. The lowest BCUT2D eigenvalue weighted by Gasteiger charge is -2.09. The van der Waals surface area contributed by atoms with E-state index < -0.39 is 0 Å². The number of hydrogen-bond acceptors (Lipinski definition) is 5. The molecule has 2 N–H and O–H groups in total. The van der Waals surface area contributed by atoms with Crippen LogP contribution in [0.4, 0.5) is 10.8 Å². The van der Waals surface area contributed by atoms with Gasteiger partial charge < -0.3 is 5.32 Å². The first-order chi connectivity index (χ1) is 14.5. The van der Waals surface area contributed by atoms with Gasteiger partial charge >= 0.3 is 0 Å². The molecule has 0 aliphatic rings. The lowest BCUT2D eigenvalue weighted by Crippen LogP contribution is -2.14. The Balaban J connectivity index is 1.50. The predicted molar refractivity (Wildman–Crippen MR) is 124 cm³/mol. The second kappa shape index (κ2) is 8.97. The van der Waals surface area contributed by atoms with Crippen LogP contribution in [-0.4, -0.2) is 16.8 Å². The Kier molecular flexibility index (Phi) is 6.15. The van der Waals surface area contributed by atoms with Crippen LogP contribution in [0.5, 0.6) is 0 Å². The number of benzene rings is 2. The molecule has 150 valence electrons. The van der Waals surface area contributed by atoms with Gasteiger partial charge in [0.1, 0.15) is 0 Å². The first-order valence-electron chi connectivity index (χ1n) is 8.67. The van der Waals surface area contributed by atoms with Gasteiger partial charge in [-0.15, -0.1) is 22.7 Å². The lowest BCUT2D eigenvalue weighted by molar-refractivity contribution is 0.101. The highest BCUT2D eigenvalue weighted by atomic mass is 35.5. The van der Waals surface area contributed by atoms with Crippen LogP contribution >= 0.6 is 45.9 Å². The first-order valence-corrected chi connectivity index (χ1v) is 11.2. The van der Waals surface area contributed by atoms with Gasteiger partial charge in [-0.3, -0.25) is 14.9 Å². The zero-order valence-corrected chi connectivity index (χ0v) is 18.3. The average molecular weight is 474 g/mol. The van der Waals surface area contributed by atoms with Crippen LogP contribution in [0.2, 0.25) is 10.0 Å². The molecule has 0 spiro atoms. The molecule has 4 rings (SSSR count). The highest BCUT2D eigenvalue weighted by Crippen LogP contribution is 2.31. The molecule has 0 radical (unpaired) electrons. The minimum atomic E-state index is -0.363. The molecule has 2 aromatic heterocycles. The monoisotopic (exact) mass is 473 g/mol. The van der Waals surface area contributed by atoms with Crippen molar-refractivity contribution in [3.05, 3.63) is 85.8 Å². The summed E-state index contributed by atoms with van der Waals surface area (Å²) in [5, 5.41) is 10.5. The zero-order valence-electron chi connectivity index (χ0n) is 15.2. The van der Waals surface area contributed by atoms with Crippen molar-refractivity contribution in [2.45, 2.75) is 0 Å². The second-order valence-corrected chi connectivity index (χ2v) is 8.72. The Morgan fingerprint density at radius 1 is 0.867 bits per heavy atom. The fraction of sp³-hybridized carbons (Fsp3) is 0. The smallest absolute Gasteiger partial charge is 0.265 e. The molecule has 0 bridgehead atoms. The first kappa shape index (κ1) is 20.6. The summed E-state index contributed by atoms with van der Waals surface area (Å²) in [5.74, 6) is -0.646. The SMILES string of the molecule is O=C(Nc1nc(-c2ccccc2Cl)cs1)c1ccc(Cl)c(NC(=O)c2cccs2)c1. The molecular weight excluding hydrogens is 461 g/mol. The number of nitrogens with one attached hydrogen (secondary N) is 2. The highest BCUT2D eigenvalue weighted by molar-refractivity contribution is 7.14. The van der Waals surface area contributed by atoms with Gasteiger partial charge in [0.25, 0.3) is 11.8 Å². The van der Waals surface area contributed by atoms with E-state index in [1.54, 1.807) is 30.3 Å². The Bertz CT molecular complexity index is 1220. The average Bonchev–Trinajstić information content (AvgIpc) is 3.42. The van der Waals surface area contributed by atoms with E-state index in [1.165, 1.54) is 28.7 Å². The normalized spacial score (nSPS) is 10.6. The summed E-state index contributed by atoms with van der Waals surface area (Å²) in [6.45, 7) is 0. The van der Waals surface area contributed by atoms with E-state index in [0.717, 1.165) is 5.56 Å². The van der Waals surface area contributed by atoms with E-state index in [9.17, 15) is 9.59 Å². The van der Waals surface area contributed by atoms with Gasteiger partial charge in [-0.25, -0.2) is 4.98 Å². The van der Waals surface area contributed by atoms with Crippen molar-refractivity contribution < 1.29 is 9.59 Å². The molecule has 2 heterocycles. The number of thiophene rings is 1. The van der Waals surface area contributed by atoms with Crippen LogP contribution in [0.3, 0.4) is 0 Å². The molecule has 0 aliphatic carbocycles. The van der Waals surface area contributed by atoms with Crippen molar-refractivity contribution in [3.8, 4) is 11.3 Å². The van der Waals surface area contributed by atoms with Crippen molar-refractivity contribution in [2.75, 3.05) is 10.6 Å². The van der Waals surface area contributed by atoms with Crippen molar-refractivity contribution in [1.82, 2.24) is 4.98 Å². The van der Waals surface area contributed by atoms with Gasteiger partial charge in [-0.05, 0) is 35.7 Å². The molecule has 5 nitrogen and oxygen atoms in total. The summed E-state index contributed by atoms with van der Waals surface area (Å²) >= 11 is 15.0. The number of thiazole rings is 1. The fourth-order valence-electron chi connectivity index (χ4n) is 2.65. The molecule has 0 atom stereocenters. The van der Waals surface area contributed by atoms with Crippen molar-refractivity contribution in [3.63, 3.8) is 0 Å². The number of carbonyl (C=O) groups is 2. The minimum Gasteiger partial charge on any atom is -0.320 e. The van der Waals surface area contributed by atoms with Gasteiger partial charge in [0, 0.05) is 21.5 Å². The predicted octanol–water partition coefficient (Wildman–Crippen LogP) is 6.68. The van der Waals surface area contributed by atoms with Gasteiger partial charge in [0.2, 0.25) is 0 Å². The quantitative estimate of drug-likeness (QED) is 0.339. The standard InChI is InChI=1S/C21H13Cl2N3O2S2/c22-14-5-2-1-4-13(14)17-11-30-21(25-17)26-19(27)12-7-8-15(23)16(10-12)24-20(28)18-6-3-9-29-18/h1-11H,(H,24,28)(H,25,26,27). The van der Waals surface area contributed by atoms with Crippen LogP contribution in [0.1, 0.15) is 20.0 Å². The van der Waals surface area contributed by atoms with E-state index in [0.29, 0.717) is 37.0 Å². The molecule has 30 heavy (non-hydrogen) atoms. The fourth-order valence-corrected chi connectivity index (χ4v) is 4.37. The molecule has 0 saturated carbocycles. The highest BCUT2D eigenvalue weighted by Gasteiger charge is 2.15. The third kappa shape index (κ3) is 4.55. The van der Waals surface area contributed by atoms with Crippen molar-refractivity contribution in [2.24, 2.45) is 0 Å². The number of nitrogens with zero attached hydrogens (tertiary/aromatic N) is 1. The molecule has 0 aliphatic heterocycles. The second-order valence-electron chi connectivity index (χ2n) is 6.10. The topological polar surface area (TPSA) is 71.1 Å². The maximum Gasteiger partial charge on any atom is 0.265 e. The third-order valence-electron chi connectivity index (χ3n) is 4.10. The van der Waals surface area contributed by atoms with E-state index in [1.807, 2.05) is 29.0 Å². The summed E-state index contributed by atoms with van der Waals surface area (Å²) in [6, 6.07) is 15.6. The summed E-state index contributed by atoms with van der Waals surface area (Å²) in [6.07, 6.45) is 0. The number of anilines is 2. The number of carbonyl (C=O) groups excluding carboxylic acids is 2. The Labute approximate surface area is 190 Å². The molecule has 4 aromatic rings. The van der Waals surface area contributed by atoms with E-state index in [2.05, 4.69) is 15.6 Å². The van der Waals surface area contributed by atoms with Gasteiger partial charge in [-0.1, -0.05) is 47.5 Å². The largest absolute Gasteiger partial charge is 0.320 e. The maximum atomic E-state index is 12.7. The summed E-state index contributed by atoms with van der Waals surface area (Å²) in [5.41, 5.74) is 2.18. The Morgan fingerprint density at radius 3 is 2.47 bits per heavy atom.